The Bertz CT molecular complexity index is 728. The van der Waals surface area contributed by atoms with Crippen LogP contribution in [0.5, 0.6) is 0 Å². The third-order valence-electron chi connectivity index (χ3n) is 3.24. The first-order valence-electron chi connectivity index (χ1n) is 7.22. The molecule has 0 spiro atoms. The molecule has 1 aromatic carbocycles. The molecule has 0 fully saturated rings. The van der Waals surface area contributed by atoms with E-state index in [9.17, 15) is 9.59 Å². The molecular formula is C17H20N2O3. The van der Waals surface area contributed by atoms with Crippen molar-refractivity contribution < 1.29 is 9.53 Å². The second-order valence-electron chi connectivity index (χ2n) is 5.99. The molecule has 0 amide bonds. The molecule has 5 heteroatoms. The maximum absolute atomic E-state index is 12.3. The summed E-state index contributed by atoms with van der Waals surface area (Å²) >= 11 is 0. The van der Waals surface area contributed by atoms with E-state index in [1.165, 1.54) is 0 Å². The van der Waals surface area contributed by atoms with Crippen LogP contribution in [-0.4, -0.2) is 22.8 Å². The Kier molecular flexibility index (Phi) is 4.45. The number of benzene rings is 1. The predicted octanol–water partition coefficient (Wildman–Crippen LogP) is 2.91. The first kappa shape index (κ1) is 15.9. The zero-order chi connectivity index (χ0) is 16.3. The van der Waals surface area contributed by atoms with Gasteiger partial charge in [0.25, 0.3) is 5.56 Å². The zero-order valence-corrected chi connectivity index (χ0v) is 13.3. The molecule has 2 aromatic rings. The average Bonchev–Trinajstić information content (AvgIpc) is 2.46. The Balaban J connectivity index is 2.83. The number of hydrogen-bond donors (Lipinski definition) is 1. The number of aromatic amines is 1. The largest absolute Gasteiger partial charge is 0.462 e. The van der Waals surface area contributed by atoms with E-state index in [2.05, 4.69) is 10.2 Å². The number of H-pyrrole nitrogens is 1. The van der Waals surface area contributed by atoms with E-state index in [4.69, 9.17) is 4.74 Å². The van der Waals surface area contributed by atoms with Crippen LogP contribution < -0.4 is 5.56 Å². The van der Waals surface area contributed by atoms with Gasteiger partial charge in [-0.15, -0.1) is 0 Å². The van der Waals surface area contributed by atoms with Crippen molar-refractivity contribution in [2.24, 2.45) is 0 Å². The maximum Gasteiger partial charge on any atom is 0.344 e. The summed E-state index contributed by atoms with van der Waals surface area (Å²) in [7, 11) is 0. The molecule has 0 unspecified atom stereocenters. The van der Waals surface area contributed by atoms with E-state index in [-0.39, 0.29) is 17.6 Å². The van der Waals surface area contributed by atoms with Crippen LogP contribution in [-0.2, 0) is 10.2 Å². The van der Waals surface area contributed by atoms with E-state index in [0.29, 0.717) is 11.3 Å². The number of carbonyl (C=O) groups excluding carboxylic acids is 1. The van der Waals surface area contributed by atoms with Crippen molar-refractivity contribution in [2.45, 2.75) is 33.1 Å². The fourth-order valence-electron chi connectivity index (χ4n) is 2.28. The van der Waals surface area contributed by atoms with E-state index in [0.717, 1.165) is 5.56 Å². The van der Waals surface area contributed by atoms with Gasteiger partial charge >= 0.3 is 5.97 Å². The molecular weight excluding hydrogens is 280 g/mol. The first-order chi connectivity index (χ1) is 10.4. The number of rotatable bonds is 3. The molecule has 22 heavy (non-hydrogen) atoms. The summed E-state index contributed by atoms with van der Waals surface area (Å²) in [5.41, 5.74) is 1.10. The second kappa shape index (κ2) is 6.13. The second-order valence-corrected chi connectivity index (χ2v) is 5.99. The predicted molar refractivity (Wildman–Crippen MR) is 85.0 cm³/mol. The highest BCUT2D eigenvalue weighted by atomic mass is 16.5. The maximum atomic E-state index is 12.3. The van der Waals surface area contributed by atoms with Crippen molar-refractivity contribution in [1.29, 1.82) is 0 Å². The highest BCUT2D eigenvalue weighted by Gasteiger charge is 2.28. The van der Waals surface area contributed by atoms with Gasteiger partial charge in [-0.1, -0.05) is 51.1 Å². The van der Waals surface area contributed by atoms with Crippen LogP contribution in [0.25, 0.3) is 11.1 Å². The van der Waals surface area contributed by atoms with E-state index in [1.54, 1.807) is 6.92 Å². The summed E-state index contributed by atoms with van der Waals surface area (Å²) in [6.45, 7) is 7.86. The SMILES string of the molecule is CCOC(=O)c1c(-c2ccccc2)c(C(C)(C)C)n[nH]c1=O. The smallest absolute Gasteiger partial charge is 0.344 e. The molecule has 1 heterocycles. The molecule has 116 valence electrons. The summed E-state index contributed by atoms with van der Waals surface area (Å²) in [6, 6.07) is 9.31. The standard InChI is InChI=1S/C17H20N2O3/c1-5-22-16(21)13-12(11-9-7-6-8-10-11)14(17(2,3)4)18-19-15(13)20/h6-10H,5H2,1-4H3,(H,19,20). The molecule has 1 N–H and O–H groups in total. The van der Waals surface area contributed by atoms with Crippen LogP contribution in [0, 0.1) is 0 Å². The highest BCUT2D eigenvalue weighted by Crippen LogP contribution is 2.32. The lowest BCUT2D eigenvalue weighted by Crippen LogP contribution is -2.28. The van der Waals surface area contributed by atoms with Gasteiger partial charge in [-0.05, 0) is 12.5 Å². The molecule has 0 atom stereocenters. The van der Waals surface area contributed by atoms with Crippen LogP contribution in [0.1, 0.15) is 43.7 Å². The lowest BCUT2D eigenvalue weighted by atomic mass is 9.84. The lowest BCUT2D eigenvalue weighted by Gasteiger charge is -2.22. The minimum absolute atomic E-state index is 0.00738. The third kappa shape index (κ3) is 3.08. The minimum Gasteiger partial charge on any atom is -0.462 e. The first-order valence-corrected chi connectivity index (χ1v) is 7.22. The van der Waals surface area contributed by atoms with Gasteiger partial charge in [-0.2, -0.15) is 5.10 Å². The van der Waals surface area contributed by atoms with Crippen LogP contribution in [0.15, 0.2) is 35.1 Å². The summed E-state index contributed by atoms with van der Waals surface area (Å²) in [6.07, 6.45) is 0. The summed E-state index contributed by atoms with van der Waals surface area (Å²) in [4.78, 5) is 24.5. The number of carbonyl (C=O) groups is 1. The van der Waals surface area contributed by atoms with Crippen LogP contribution in [0.3, 0.4) is 0 Å². The normalized spacial score (nSPS) is 11.3. The fraction of sp³-hybridized carbons (Fsp3) is 0.353. The molecule has 5 nitrogen and oxygen atoms in total. The van der Waals surface area contributed by atoms with E-state index < -0.39 is 11.5 Å². The zero-order valence-electron chi connectivity index (χ0n) is 13.3. The topological polar surface area (TPSA) is 72.0 Å². The van der Waals surface area contributed by atoms with Gasteiger partial charge in [0, 0.05) is 11.0 Å². The van der Waals surface area contributed by atoms with Gasteiger partial charge < -0.3 is 4.74 Å². The van der Waals surface area contributed by atoms with Gasteiger partial charge in [0.2, 0.25) is 0 Å². The van der Waals surface area contributed by atoms with Crippen LogP contribution in [0.2, 0.25) is 0 Å². The van der Waals surface area contributed by atoms with Gasteiger partial charge in [-0.3, -0.25) is 4.79 Å². The van der Waals surface area contributed by atoms with Crippen molar-refractivity contribution in [1.82, 2.24) is 10.2 Å². The molecule has 0 aliphatic rings. The monoisotopic (exact) mass is 300 g/mol. The Morgan fingerprint density at radius 2 is 1.86 bits per heavy atom. The van der Waals surface area contributed by atoms with Crippen LogP contribution >= 0.6 is 0 Å². The third-order valence-corrected chi connectivity index (χ3v) is 3.24. The van der Waals surface area contributed by atoms with Crippen LogP contribution in [0.4, 0.5) is 0 Å². The van der Waals surface area contributed by atoms with Crippen molar-refractivity contribution in [2.75, 3.05) is 6.61 Å². The van der Waals surface area contributed by atoms with Gasteiger partial charge in [0.15, 0.2) is 0 Å². The summed E-state index contributed by atoms with van der Waals surface area (Å²) in [5.74, 6) is -0.629. The minimum atomic E-state index is -0.629. The number of hydrogen-bond acceptors (Lipinski definition) is 4. The number of esters is 1. The number of ether oxygens (including phenoxy) is 1. The molecule has 2 rings (SSSR count). The molecule has 0 saturated carbocycles. The van der Waals surface area contributed by atoms with E-state index in [1.807, 2.05) is 51.1 Å². The molecule has 0 aliphatic carbocycles. The Morgan fingerprint density at radius 3 is 2.41 bits per heavy atom. The van der Waals surface area contributed by atoms with Crippen molar-refractivity contribution in [3.63, 3.8) is 0 Å². The van der Waals surface area contributed by atoms with Crippen molar-refractivity contribution >= 4 is 5.97 Å². The summed E-state index contributed by atoms with van der Waals surface area (Å²) < 4.78 is 5.05. The molecule has 0 aliphatic heterocycles. The Labute approximate surface area is 129 Å². The number of nitrogens with one attached hydrogen (secondary N) is 1. The Hall–Kier alpha value is -2.43. The summed E-state index contributed by atoms with van der Waals surface area (Å²) in [5, 5.41) is 6.60. The highest BCUT2D eigenvalue weighted by molar-refractivity contribution is 5.97. The van der Waals surface area contributed by atoms with Crippen molar-refractivity contribution in [3.8, 4) is 11.1 Å². The van der Waals surface area contributed by atoms with E-state index >= 15 is 0 Å². The average molecular weight is 300 g/mol. The molecule has 1 aromatic heterocycles. The van der Waals surface area contributed by atoms with Crippen molar-refractivity contribution in [3.05, 3.63) is 51.9 Å². The number of aromatic nitrogens is 2. The van der Waals surface area contributed by atoms with Gasteiger partial charge in [0.05, 0.1) is 12.3 Å². The Morgan fingerprint density at radius 1 is 1.23 bits per heavy atom. The molecule has 0 saturated heterocycles. The lowest BCUT2D eigenvalue weighted by molar-refractivity contribution is 0.0524. The quantitative estimate of drug-likeness (QED) is 0.885. The van der Waals surface area contributed by atoms with Gasteiger partial charge in [-0.25, -0.2) is 9.89 Å². The molecule has 0 radical (unpaired) electrons. The number of nitrogens with zero attached hydrogens (tertiary/aromatic N) is 1. The molecule has 0 bridgehead atoms. The van der Waals surface area contributed by atoms with Gasteiger partial charge in [0.1, 0.15) is 5.56 Å². The fourth-order valence-corrected chi connectivity index (χ4v) is 2.28.